The van der Waals surface area contributed by atoms with Crippen LogP contribution in [0.4, 0.5) is 5.69 Å². The molecule has 1 heterocycles. The number of para-hydroxylation sites is 1. The Kier molecular flexibility index (Phi) is 3.99. The fraction of sp³-hybridized carbons (Fsp3) is 0.214. The predicted octanol–water partition coefficient (Wildman–Crippen LogP) is 4.42. The van der Waals surface area contributed by atoms with Crippen molar-refractivity contribution in [1.29, 1.82) is 0 Å². The number of halogens is 1. The largest absolute Gasteiger partial charge is 0.351 e. The van der Waals surface area contributed by atoms with Crippen LogP contribution in [0.5, 0.6) is 0 Å². The lowest BCUT2D eigenvalue weighted by Gasteiger charge is -2.04. The van der Waals surface area contributed by atoms with Gasteiger partial charge in [0.1, 0.15) is 0 Å². The monoisotopic (exact) mass is 338 g/mol. The molecule has 3 heteroatoms. The Hall–Kier alpha value is -1.10. The van der Waals surface area contributed by atoms with Crippen molar-refractivity contribution in [1.82, 2.24) is 4.57 Å². The summed E-state index contributed by atoms with van der Waals surface area (Å²) in [7, 11) is 0. The van der Waals surface area contributed by atoms with Crippen LogP contribution in [-0.4, -0.2) is 10.8 Å². The van der Waals surface area contributed by atoms with E-state index in [2.05, 4.69) is 70.5 Å². The van der Waals surface area contributed by atoms with E-state index in [4.69, 9.17) is 0 Å². The Morgan fingerprint density at radius 1 is 1.24 bits per heavy atom. The molecular formula is C14H15IN2. The minimum Gasteiger partial charge on any atom is -0.351 e. The molecule has 0 saturated heterocycles. The molecule has 0 radical (unpaired) electrons. The Labute approximate surface area is 116 Å². The summed E-state index contributed by atoms with van der Waals surface area (Å²) in [6.45, 7) is 4.34. The standard InChI is InChI=1S/C14H15IN2/c1-11(2)17-8-7-12(10-17)9-16-14-6-4-3-5-13(14)15/h3-11H,1-2H3. The third-order valence-corrected chi connectivity index (χ3v) is 3.45. The van der Waals surface area contributed by atoms with Crippen molar-refractivity contribution in [2.45, 2.75) is 19.9 Å². The maximum absolute atomic E-state index is 4.50. The Morgan fingerprint density at radius 3 is 2.65 bits per heavy atom. The number of hydrogen-bond acceptors (Lipinski definition) is 1. The van der Waals surface area contributed by atoms with E-state index in [-0.39, 0.29) is 0 Å². The van der Waals surface area contributed by atoms with E-state index in [1.807, 2.05) is 24.4 Å². The minimum atomic E-state index is 0.494. The Balaban J connectivity index is 2.18. The summed E-state index contributed by atoms with van der Waals surface area (Å²) in [4.78, 5) is 4.50. The topological polar surface area (TPSA) is 17.3 Å². The first-order chi connectivity index (χ1) is 8.16. The van der Waals surface area contributed by atoms with E-state index >= 15 is 0 Å². The number of rotatable bonds is 3. The van der Waals surface area contributed by atoms with Crippen LogP contribution in [0.1, 0.15) is 25.5 Å². The van der Waals surface area contributed by atoms with Gasteiger partial charge in [-0.2, -0.15) is 0 Å². The lowest BCUT2D eigenvalue weighted by Crippen LogP contribution is -1.95. The molecule has 0 spiro atoms. The number of hydrogen-bond donors (Lipinski definition) is 0. The highest BCUT2D eigenvalue weighted by Crippen LogP contribution is 2.20. The molecule has 2 aromatic rings. The highest BCUT2D eigenvalue weighted by Gasteiger charge is 1.98. The third-order valence-electron chi connectivity index (χ3n) is 2.54. The van der Waals surface area contributed by atoms with Crippen molar-refractivity contribution < 1.29 is 0 Å². The molecule has 88 valence electrons. The van der Waals surface area contributed by atoms with Gasteiger partial charge in [0.05, 0.1) is 5.69 Å². The fourth-order valence-corrected chi connectivity index (χ4v) is 2.06. The second-order valence-corrected chi connectivity index (χ2v) is 5.36. The van der Waals surface area contributed by atoms with Gasteiger partial charge in [0, 0.05) is 33.8 Å². The van der Waals surface area contributed by atoms with Crippen LogP contribution in [-0.2, 0) is 0 Å². The van der Waals surface area contributed by atoms with Crippen molar-refractivity contribution in [3.63, 3.8) is 0 Å². The molecule has 2 rings (SSSR count). The maximum Gasteiger partial charge on any atom is 0.0763 e. The van der Waals surface area contributed by atoms with Crippen molar-refractivity contribution in [3.05, 3.63) is 51.9 Å². The molecule has 1 aromatic carbocycles. The van der Waals surface area contributed by atoms with Gasteiger partial charge in [0.25, 0.3) is 0 Å². The van der Waals surface area contributed by atoms with Gasteiger partial charge in [-0.05, 0) is 54.6 Å². The molecule has 0 fully saturated rings. The minimum absolute atomic E-state index is 0.494. The highest BCUT2D eigenvalue weighted by atomic mass is 127. The maximum atomic E-state index is 4.50. The van der Waals surface area contributed by atoms with Gasteiger partial charge in [-0.15, -0.1) is 0 Å². The van der Waals surface area contributed by atoms with Gasteiger partial charge in [-0.25, -0.2) is 0 Å². The first-order valence-electron chi connectivity index (χ1n) is 5.63. The highest BCUT2D eigenvalue weighted by molar-refractivity contribution is 14.1. The van der Waals surface area contributed by atoms with Crippen molar-refractivity contribution >= 4 is 34.5 Å². The van der Waals surface area contributed by atoms with Gasteiger partial charge in [-0.3, -0.25) is 4.99 Å². The van der Waals surface area contributed by atoms with Crippen LogP contribution in [0.3, 0.4) is 0 Å². The molecule has 0 amide bonds. The average Bonchev–Trinajstić information content (AvgIpc) is 2.77. The molecule has 1 aromatic heterocycles. The van der Waals surface area contributed by atoms with E-state index in [0.717, 1.165) is 11.3 Å². The first kappa shape index (κ1) is 12.4. The molecular weight excluding hydrogens is 323 g/mol. The second-order valence-electron chi connectivity index (χ2n) is 4.20. The van der Waals surface area contributed by atoms with E-state index in [0.29, 0.717) is 6.04 Å². The van der Waals surface area contributed by atoms with Gasteiger partial charge < -0.3 is 4.57 Å². The molecule has 0 unspecified atom stereocenters. The SMILES string of the molecule is CC(C)n1ccc(C=Nc2ccccc2I)c1. The Bertz CT molecular complexity index is 527. The number of aromatic nitrogens is 1. The molecule has 2 nitrogen and oxygen atoms in total. The summed E-state index contributed by atoms with van der Waals surface area (Å²) < 4.78 is 3.35. The van der Waals surface area contributed by atoms with Crippen molar-refractivity contribution in [3.8, 4) is 0 Å². The summed E-state index contributed by atoms with van der Waals surface area (Å²) in [6, 6.07) is 10.7. The zero-order chi connectivity index (χ0) is 12.3. The van der Waals surface area contributed by atoms with Crippen LogP contribution in [0.25, 0.3) is 0 Å². The first-order valence-corrected chi connectivity index (χ1v) is 6.71. The van der Waals surface area contributed by atoms with Gasteiger partial charge in [0.15, 0.2) is 0 Å². The molecule has 0 N–H and O–H groups in total. The predicted molar refractivity (Wildman–Crippen MR) is 81.2 cm³/mol. The summed E-state index contributed by atoms with van der Waals surface area (Å²) in [6.07, 6.45) is 6.11. The lowest BCUT2D eigenvalue weighted by atomic mass is 10.3. The summed E-state index contributed by atoms with van der Waals surface area (Å²) in [5, 5.41) is 0. The summed E-state index contributed by atoms with van der Waals surface area (Å²) in [5.74, 6) is 0. The summed E-state index contributed by atoms with van der Waals surface area (Å²) in [5.41, 5.74) is 2.16. The van der Waals surface area contributed by atoms with E-state index in [1.165, 1.54) is 3.57 Å². The van der Waals surface area contributed by atoms with E-state index in [9.17, 15) is 0 Å². The molecule has 0 aliphatic carbocycles. The van der Waals surface area contributed by atoms with Crippen LogP contribution in [0.2, 0.25) is 0 Å². The zero-order valence-corrected chi connectivity index (χ0v) is 12.1. The molecule has 0 aliphatic heterocycles. The van der Waals surface area contributed by atoms with Gasteiger partial charge in [0.2, 0.25) is 0 Å². The number of benzene rings is 1. The number of aliphatic imine (C=N–C) groups is 1. The molecule has 17 heavy (non-hydrogen) atoms. The van der Waals surface area contributed by atoms with E-state index < -0.39 is 0 Å². The van der Waals surface area contributed by atoms with Crippen LogP contribution < -0.4 is 0 Å². The zero-order valence-electron chi connectivity index (χ0n) is 9.97. The molecule has 0 saturated carbocycles. The summed E-state index contributed by atoms with van der Waals surface area (Å²) >= 11 is 2.30. The number of nitrogens with zero attached hydrogens (tertiary/aromatic N) is 2. The van der Waals surface area contributed by atoms with Crippen LogP contribution in [0, 0.1) is 3.57 Å². The second kappa shape index (κ2) is 5.49. The Morgan fingerprint density at radius 2 is 2.00 bits per heavy atom. The quantitative estimate of drug-likeness (QED) is 0.582. The molecule has 0 aliphatic rings. The molecule has 0 bridgehead atoms. The van der Waals surface area contributed by atoms with Crippen LogP contribution in [0.15, 0.2) is 47.7 Å². The van der Waals surface area contributed by atoms with Crippen molar-refractivity contribution in [2.24, 2.45) is 4.99 Å². The lowest BCUT2D eigenvalue weighted by molar-refractivity contribution is 0.603. The smallest absolute Gasteiger partial charge is 0.0763 e. The normalized spacial score (nSPS) is 11.5. The van der Waals surface area contributed by atoms with Crippen LogP contribution >= 0.6 is 22.6 Å². The van der Waals surface area contributed by atoms with Gasteiger partial charge in [-0.1, -0.05) is 12.1 Å². The fourth-order valence-electron chi connectivity index (χ4n) is 1.53. The van der Waals surface area contributed by atoms with E-state index in [1.54, 1.807) is 0 Å². The van der Waals surface area contributed by atoms with Crippen molar-refractivity contribution in [2.75, 3.05) is 0 Å². The average molecular weight is 338 g/mol. The third kappa shape index (κ3) is 3.19. The van der Waals surface area contributed by atoms with Gasteiger partial charge >= 0.3 is 0 Å². The molecule has 0 atom stereocenters.